The maximum Gasteiger partial charge on any atom is 0.343 e. The zero-order valence-corrected chi connectivity index (χ0v) is 13.1. The van der Waals surface area contributed by atoms with Crippen molar-refractivity contribution in [1.29, 1.82) is 0 Å². The molecule has 0 amide bonds. The number of carboxylic acid groups (broad SMARTS) is 2. The molecule has 1 rings (SSSR count). The summed E-state index contributed by atoms with van der Waals surface area (Å²) in [6, 6.07) is 0. The van der Waals surface area contributed by atoms with Crippen LogP contribution in [0.1, 0.15) is 33.6 Å². The topological polar surface area (TPSA) is 74.6 Å². The number of hydrogen-bond acceptors (Lipinski definition) is 2. The molecule has 0 saturated carbocycles. The monoisotopic (exact) mass is 310 g/mol. The van der Waals surface area contributed by atoms with Gasteiger partial charge in [0.25, 0.3) is 0 Å². The van der Waals surface area contributed by atoms with E-state index in [0.717, 1.165) is 29.5 Å². The summed E-state index contributed by atoms with van der Waals surface area (Å²) in [6.07, 6.45) is 8.27. The molecule has 1 aliphatic carbocycles. The van der Waals surface area contributed by atoms with Crippen LogP contribution in [0.4, 0.5) is 0 Å². The molecular weight excluding hydrogens is 292 g/mol. The molecule has 0 aromatic rings. The van der Waals surface area contributed by atoms with Crippen molar-refractivity contribution in [3.8, 4) is 0 Å². The van der Waals surface area contributed by atoms with E-state index in [1.165, 1.54) is 0 Å². The van der Waals surface area contributed by atoms with E-state index in [-0.39, 0.29) is 5.41 Å². The smallest absolute Gasteiger partial charge is 0.343 e. The summed E-state index contributed by atoms with van der Waals surface area (Å²) < 4.78 is 0. The van der Waals surface area contributed by atoms with Crippen LogP contribution in [0.15, 0.2) is 46.1 Å². The van der Waals surface area contributed by atoms with Crippen LogP contribution in [-0.2, 0) is 9.59 Å². The van der Waals surface area contributed by atoms with Crippen LogP contribution >= 0.6 is 11.6 Å². The van der Waals surface area contributed by atoms with Crippen LogP contribution in [0.5, 0.6) is 0 Å². The Labute approximate surface area is 129 Å². The Morgan fingerprint density at radius 1 is 1.24 bits per heavy atom. The Morgan fingerprint density at radius 3 is 2.29 bits per heavy atom. The third-order valence-corrected chi connectivity index (χ3v) is 3.31. The molecule has 0 atom stereocenters. The first-order valence-corrected chi connectivity index (χ1v) is 6.90. The second-order valence-electron chi connectivity index (χ2n) is 5.93. The number of halogens is 1. The molecule has 5 heteroatoms. The van der Waals surface area contributed by atoms with E-state index in [2.05, 4.69) is 13.8 Å². The molecule has 0 radical (unpaired) electrons. The first kappa shape index (κ1) is 17.2. The minimum absolute atomic E-state index is 0.0859. The van der Waals surface area contributed by atoms with E-state index in [4.69, 9.17) is 21.8 Å². The third-order valence-electron chi connectivity index (χ3n) is 3.07. The summed E-state index contributed by atoms with van der Waals surface area (Å²) in [5, 5.41) is 18.4. The molecule has 0 aromatic carbocycles. The fourth-order valence-electron chi connectivity index (χ4n) is 2.21. The van der Waals surface area contributed by atoms with Gasteiger partial charge in [0.2, 0.25) is 0 Å². The molecular formula is C16H19ClO4. The van der Waals surface area contributed by atoms with Crippen LogP contribution in [0.25, 0.3) is 0 Å². The van der Waals surface area contributed by atoms with Crippen LogP contribution in [-0.4, -0.2) is 22.2 Å². The minimum atomic E-state index is -1.45. The van der Waals surface area contributed by atoms with Gasteiger partial charge < -0.3 is 10.2 Å². The second kappa shape index (κ2) is 6.76. The Balaban J connectivity index is 3.01. The van der Waals surface area contributed by atoms with Gasteiger partial charge in [-0.25, -0.2) is 9.59 Å². The van der Waals surface area contributed by atoms with Gasteiger partial charge >= 0.3 is 11.9 Å². The predicted octanol–water partition coefficient (Wildman–Crippen LogP) is 3.90. The number of allylic oxidation sites excluding steroid dienone is 7. The summed E-state index contributed by atoms with van der Waals surface area (Å²) in [4.78, 5) is 21.6. The standard InChI is InChI=1S/C16H19ClO4/c1-10(6-13(14(18)19)15(20)21)4-5-11-7-12(17)9-16(2,3)8-11/h4-7H,8-9H2,1-3H3,(H,18,19)(H,20,21)/b10-4+,11-5+. The molecule has 0 saturated heterocycles. The van der Waals surface area contributed by atoms with Crippen molar-refractivity contribution < 1.29 is 19.8 Å². The Morgan fingerprint density at radius 2 is 1.81 bits per heavy atom. The fourth-order valence-corrected chi connectivity index (χ4v) is 2.71. The summed E-state index contributed by atoms with van der Waals surface area (Å²) in [7, 11) is 0. The van der Waals surface area contributed by atoms with Gasteiger partial charge in [0.05, 0.1) is 0 Å². The van der Waals surface area contributed by atoms with Crippen molar-refractivity contribution in [1.82, 2.24) is 0 Å². The molecule has 0 unspecified atom stereocenters. The first-order valence-electron chi connectivity index (χ1n) is 6.52. The van der Waals surface area contributed by atoms with Crippen LogP contribution < -0.4 is 0 Å². The Hall–Kier alpha value is -1.81. The summed E-state index contributed by atoms with van der Waals surface area (Å²) in [5.41, 5.74) is 1.02. The van der Waals surface area contributed by atoms with E-state index in [0.29, 0.717) is 5.57 Å². The highest BCUT2D eigenvalue weighted by Gasteiger charge is 2.24. The van der Waals surface area contributed by atoms with Crippen LogP contribution in [0.2, 0.25) is 0 Å². The van der Waals surface area contributed by atoms with E-state index < -0.39 is 17.5 Å². The summed E-state index contributed by atoms with van der Waals surface area (Å²) in [6.45, 7) is 5.90. The largest absolute Gasteiger partial charge is 0.477 e. The van der Waals surface area contributed by atoms with Crippen molar-refractivity contribution in [2.75, 3.05) is 0 Å². The van der Waals surface area contributed by atoms with Gasteiger partial charge in [-0.1, -0.05) is 37.6 Å². The molecule has 0 heterocycles. The van der Waals surface area contributed by atoms with Gasteiger partial charge in [-0.15, -0.1) is 0 Å². The number of carbonyl (C=O) groups is 2. The quantitative estimate of drug-likeness (QED) is 0.357. The highest BCUT2D eigenvalue weighted by Crippen LogP contribution is 2.39. The minimum Gasteiger partial charge on any atom is -0.477 e. The molecule has 0 aliphatic heterocycles. The number of rotatable bonds is 4. The molecule has 0 fully saturated rings. The Kier molecular flexibility index (Phi) is 5.55. The fraction of sp³-hybridized carbons (Fsp3) is 0.375. The normalized spacial score (nSPS) is 19.9. The zero-order chi connectivity index (χ0) is 16.2. The van der Waals surface area contributed by atoms with Crippen molar-refractivity contribution in [2.45, 2.75) is 33.6 Å². The molecule has 21 heavy (non-hydrogen) atoms. The number of hydrogen-bond donors (Lipinski definition) is 2. The molecule has 114 valence electrons. The molecule has 0 spiro atoms. The van der Waals surface area contributed by atoms with E-state index >= 15 is 0 Å². The lowest BCUT2D eigenvalue weighted by molar-refractivity contribution is -0.140. The van der Waals surface area contributed by atoms with Crippen molar-refractivity contribution in [2.24, 2.45) is 5.41 Å². The van der Waals surface area contributed by atoms with Gasteiger partial charge in [0.15, 0.2) is 0 Å². The van der Waals surface area contributed by atoms with E-state index in [1.807, 2.05) is 12.2 Å². The summed E-state index contributed by atoms with van der Waals surface area (Å²) >= 11 is 6.11. The van der Waals surface area contributed by atoms with E-state index in [9.17, 15) is 9.59 Å². The molecule has 0 bridgehead atoms. The van der Waals surface area contributed by atoms with Crippen molar-refractivity contribution >= 4 is 23.5 Å². The van der Waals surface area contributed by atoms with Crippen LogP contribution in [0, 0.1) is 5.41 Å². The summed E-state index contributed by atoms with van der Waals surface area (Å²) in [5.74, 6) is -2.91. The van der Waals surface area contributed by atoms with Gasteiger partial charge in [0, 0.05) is 5.03 Å². The highest BCUT2D eigenvalue weighted by atomic mass is 35.5. The highest BCUT2D eigenvalue weighted by molar-refractivity contribution is 6.29. The van der Waals surface area contributed by atoms with Gasteiger partial charge in [0.1, 0.15) is 5.57 Å². The molecule has 1 aliphatic rings. The molecule has 2 N–H and O–H groups in total. The number of aliphatic carboxylic acids is 2. The Bertz CT molecular complexity index is 561. The third kappa shape index (κ3) is 5.60. The molecule has 4 nitrogen and oxygen atoms in total. The van der Waals surface area contributed by atoms with Crippen LogP contribution in [0.3, 0.4) is 0 Å². The maximum absolute atomic E-state index is 10.8. The lowest BCUT2D eigenvalue weighted by Crippen LogP contribution is -2.15. The van der Waals surface area contributed by atoms with E-state index in [1.54, 1.807) is 13.0 Å². The van der Waals surface area contributed by atoms with Gasteiger partial charge in [-0.3, -0.25) is 0 Å². The van der Waals surface area contributed by atoms with Crippen molar-refractivity contribution in [3.05, 3.63) is 46.1 Å². The van der Waals surface area contributed by atoms with Gasteiger partial charge in [-0.05, 0) is 48.5 Å². The lowest BCUT2D eigenvalue weighted by atomic mass is 9.78. The first-order chi connectivity index (χ1) is 9.60. The van der Waals surface area contributed by atoms with Gasteiger partial charge in [-0.2, -0.15) is 0 Å². The molecule has 0 aromatic heterocycles. The van der Waals surface area contributed by atoms with Crippen molar-refractivity contribution in [3.63, 3.8) is 0 Å². The second-order valence-corrected chi connectivity index (χ2v) is 6.42. The SMILES string of the molecule is C/C(C=C(C(=O)O)C(=O)O)=C\C=C1/C=C(Cl)CC(C)(C)C1. The lowest BCUT2D eigenvalue weighted by Gasteiger charge is -2.29. The zero-order valence-electron chi connectivity index (χ0n) is 12.3. The predicted molar refractivity (Wildman–Crippen MR) is 82.1 cm³/mol. The number of carboxylic acids is 2. The maximum atomic E-state index is 10.8. The average Bonchev–Trinajstić information content (AvgIpc) is 2.30. The average molecular weight is 311 g/mol.